The molecule has 0 aliphatic carbocycles. The molecule has 4 aromatic rings. The van der Waals surface area contributed by atoms with Gasteiger partial charge in [0.05, 0.1) is 34.3 Å². The smallest absolute Gasteiger partial charge is 0.488 e. The molecule has 0 saturated carbocycles. The predicted octanol–water partition coefficient (Wildman–Crippen LogP) is 5.94. The van der Waals surface area contributed by atoms with Crippen LogP contribution in [0.3, 0.4) is 0 Å². The summed E-state index contributed by atoms with van der Waals surface area (Å²) in [5.74, 6) is 2.07. The number of likely N-dealkylation sites (tertiary alicyclic amines) is 1. The van der Waals surface area contributed by atoms with Crippen molar-refractivity contribution in [2.45, 2.75) is 84.3 Å². The van der Waals surface area contributed by atoms with Crippen molar-refractivity contribution in [2.24, 2.45) is 5.92 Å². The molecule has 2 atom stereocenters. The Morgan fingerprint density at radius 1 is 1.05 bits per heavy atom. The SMILES string of the molecule is CC(C)C(C=O)N1CCCC1c1nc2c(ccc3cc4c(cc32)OCc2cc(B3OC(C)(C)C(C)(C)O3)ccc2-4)[nH]1. The fourth-order valence-electron chi connectivity index (χ4n) is 6.67. The average Bonchev–Trinajstić information content (AvgIpc) is 3.63. The summed E-state index contributed by atoms with van der Waals surface area (Å²) in [6.45, 7) is 13.9. The lowest BCUT2D eigenvalue weighted by atomic mass is 9.77. The van der Waals surface area contributed by atoms with E-state index >= 15 is 0 Å². The van der Waals surface area contributed by atoms with Crippen LogP contribution in [-0.2, 0) is 20.7 Å². The van der Waals surface area contributed by atoms with Gasteiger partial charge in [0, 0.05) is 10.9 Å². The van der Waals surface area contributed by atoms with Gasteiger partial charge in [0.15, 0.2) is 0 Å². The summed E-state index contributed by atoms with van der Waals surface area (Å²) in [6.07, 6.45) is 3.16. The van der Waals surface area contributed by atoms with Crippen LogP contribution in [0.15, 0.2) is 42.5 Å². The summed E-state index contributed by atoms with van der Waals surface area (Å²) in [5.41, 5.74) is 5.59. The molecule has 7 nitrogen and oxygen atoms in total. The van der Waals surface area contributed by atoms with Crippen LogP contribution in [0, 0.1) is 5.92 Å². The van der Waals surface area contributed by atoms with E-state index in [-0.39, 0.29) is 29.2 Å². The van der Waals surface area contributed by atoms with E-state index in [4.69, 9.17) is 19.0 Å². The maximum absolute atomic E-state index is 11.9. The van der Waals surface area contributed by atoms with E-state index in [0.29, 0.717) is 6.61 Å². The van der Waals surface area contributed by atoms with Crippen molar-refractivity contribution in [3.05, 3.63) is 53.9 Å². The van der Waals surface area contributed by atoms with Crippen molar-refractivity contribution in [2.75, 3.05) is 6.54 Å². The fourth-order valence-corrected chi connectivity index (χ4v) is 6.67. The lowest BCUT2D eigenvalue weighted by Gasteiger charge is -2.32. The second kappa shape index (κ2) is 9.41. The molecule has 41 heavy (non-hydrogen) atoms. The normalized spacial score (nSPS) is 22.2. The minimum absolute atomic E-state index is 0.0989. The summed E-state index contributed by atoms with van der Waals surface area (Å²) in [4.78, 5) is 22.9. The third kappa shape index (κ3) is 4.22. The number of ether oxygens (including phenoxy) is 1. The van der Waals surface area contributed by atoms with Gasteiger partial charge in [-0.1, -0.05) is 38.1 Å². The van der Waals surface area contributed by atoms with Gasteiger partial charge in [-0.05, 0) is 93.2 Å². The van der Waals surface area contributed by atoms with Crippen LogP contribution in [0.2, 0.25) is 0 Å². The van der Waals surface area contributed by atoms with E-state index in [1.165, 1.54) is 5.56 Å². The first kappa shape index (κ1) is 26.7. The van der Waals surface area contributed by atoms with E-state index in [1.54, 1.807) is 0 Å². The predicted molar refractivity (Wildman–Crippen MR) is 162 cm³/mol. The number of nitrogens with zero attached hydrogens (tertiary/aromatic N) is 2. The topological polar surface area (TPSA) is 76.7 Å². The Bertz CT molecular complexity index is 1660. The van der Waals surface area contributed by atoms with Gasteiger partial charge in [0.25, 0.3) is 0 Å². The standard InChI is InChI=1S/C33H38BN3O4/c1-19(2)28(17-38)37-13-7-8-27(37)31-35-26-12-9-20-15-25-23-11-10-22(34-40-32(3,4)33(5,6)41-34)14-21(23)18-39-29(25)16-24(20)30(26)36-31/h9-12,14-17,19,27-28H,7-8,13,18H2,1-6H3,(H,35,36). The molecule has 0 bridgehead atoms. The maximum Gasteiger partial charge on any atom is 0.494 e. The Kier molecular flexibility index (Phi) is 6.13. The second-order valence-corrected chi connectivity index (χ2v) is 13.2. The number of carbonyl (C=O) groups excluding carboxylic acids is 1. The number of benzene rings is 3. The number of nitrogens with one attached hydrogen (secondary N) is 1. The van der Waals surface area contributed by atoms with Crippen LogP contribution in [0.5, 0.6) is 5.75 Å². The maximum atomic E-state index is 11.9. The Hall–Kier alpha value is -3.20. The van der Waals surface area contributed by atoms with Crippen molar-refractivity contribution in [1.29, 1.82) is 0 Å². The zero-order valence-corrected chi connectivity index (χ0v) is 24.8. The summed E-state index contributed by atoms with van der Waals surface area (Å²) < 4.78 is 18.9. The zero-order valence-electron chi connectivity index (χ0n) is 24.8. The first-order chi connectivity index (χ1) is 19.6. The van der Waals surface area contributed by atoms with Gasteiger partial charge in [-0.2, -0.15) is 0 Å². The molecule has 0 spiro atoms. The summed E-state index contributed by atoms with van der Waals surface area (Å²) >= 11 is 0. The van der Waals surface area contributed by atoms with E-state index in [2.05, 4.69) is 93.9 Å². The van der Waals surface area contributed by atoms with Crippen LogP contribution in [-0.4, -0.2) is 52.1 Å². The van der Waals surface area contributed by atoms with E-state index in [0.717, 1.165) is 75.6 Å². The molecular weight excluding hydrogens is 513 g/mol. The monoisotopic (exact) mass is 551 g/mol. The van der Waals surface area contributed by atoms with Gasteiger partial charge < -0.3 is 23.8 Å². The van der Waals surface area contributed by atoms with Crippen LogP contribution in [0.25, 0.3) is 32.9 Å². The summed E-state index contributed by atoms with van der Waals surface area (Å²) in [6, 6.07) is 15.1. The third-order valence-electron chi connectivity index (χ3n) is 9.73. The van der Waals surface area contributed by atoms with E-state index in [9.17, 15) is 4.79 Å². The molecule has 3 aliphatic heterocycles. The largest absolute Gasteiger partial charge is 0.494 e. The summed E-state index contributed by atoms with van der Waals surface area (Å²) in [7, 11) is -0.399. The van der Waals surface area contributed by atoms with Gasteiger partial charge in [0.2, 0.25) is 0 Å². The fraction of sp³-hybridized carbons (Fsp3) is 0.455. The molecule has 0 amide bonds. The Balaban J connectivity index is 1.24. The first-order valence-corrected chi connectivity index (χ1v) is 14.9. The molecule has 7 rings (SSSR count). The number of aromatic nitrogens is 2. The Labute approximate surface area is 241 Å². The number of fused-ring (bicyclic) bond motifs is 6. The van der Waals surface area contributed by atoms with Gasteiger partial charge in [-0.15, -0.1) is 0 Å². The molecule has 1 N–H and O–H groups in total. The number of H-pyrrole nitrogens is 1. The lowest BCUT2D eigenvalue weighted by Crippen LogP contribution is -2.41. The molecular formula is C33H38BN3O4. The number of aldehydes is 1. The molecule has 212 valence electrons. The van der Waals surface area contributed by atoms with Crippen molar-refractivity contribution in [1.82, 2.24) is 14.9 Å². The highest BCUT2D eigenvalue weighted by Crippen LogP contribution is 2.43. The average molecular weight is 551 g/mol. The number of rotatable bonds is 5. The Morgan fingerprint density at radius 2 is 1.83 bits per heavy atom. The van der Waals surface area contributed by atoms with Crippen LogP contribution >= 0.6 is 0 Å². The quantitative estimate of drug-likeness (QED) is 0.245. The van der Waals surface area contributed by atoms with Crippen molar-refractivity contribution in [3.63, 3.8) is 0 Å². The molecule has 3 aliphatic rings. The van der Waals surface area contributed by atoms with Gasteiger partial charge >= 0.3 is 7.12 Å². The third-order valence-corrected chi connectivity index (χ3v) is 9.73. The molecule has 0 radical (unpaired) electrons. The van der Waals surface area contributed by atoms with E-state index < -0.39 is 7.12 Å². The molecule has 2 unspecified atom stereocenters. The van der Waals surface area contributed by atoms with Crippen molar-refractivity contribution in [3.8, 4) is 16.9 Å². The Morgan fingerprint density at radius 3 is 2.56 bits per heavy atom. The van der Waals surface area contributed by atoms with Crippen LogP contribution in [0.4, 0.5) is 0 Å². The molecule has 4 heterocycles. The van der Waals surface area contributed by atoms with Gasteiger partial charge in [-0.3, -0.25) is 4.90 Å². The number of hydrogen-bond donors (Lipinski definition) is 1. The number of hydrogen-bond acceptors (Lipinski definition) is 6. The van der Waals surface area contributed by atoms with Crippen molar-refractivity contribution < 1.29 is 18.8 Å². The number of imidazole rings is 1. The highest BCUT2D eigenvalue weighted by Gasteiger charge is 2.51. The molecule has 2 fully saturated rings. The number of aromatic amines is 1. The minimum Gasteiger partial charge on any atom is -0.488 e. The van der Waals surface area contributed by atoms with Gasteiger partial charge in [0.1, 0.15) is 24.5 Å². The zero-order chi connectivity index (χ0) is 28.7. The lowest BCUT2D eigenvalue weighted by molar-refractivity contribution is -0.114. The molecule has 8 heteroatoms. The van der Waals surface area contributed by atoms with Crippen LogP contribution < -0.4 is 10.2 Å². The highest BCUT2D eigenvalue weighted by molar-refractivity contribution is 6.62. The highest BCUT2D eigenvalue weighted by atomic mass is 16.7. The van der Waals surface area contributed by atoms with Crippen LogP contribution in [0.1, 0.15) is 71.8 Å². The number of carbonyl (C=O) groups is 1. The minimum atomic E-state index is -0.399. The summed E-state index contributed by atoms with van der Waals surface area (Å²) in [5, 5.41) is 2.19. The second-order valence-electron chi connectivity index (χ2n) is 13.2. The molecule has 3 aromatic carbocycles. The van der Waals surface area contributed by atoms with E-state index in [1.807, 2.05) is 0 Å². The van der Waals surface area contributed by atoms with Gasteiger partial charge in [-0.25, -0.2) is 4.98 Å². The van der Waals surface area contributed by atoms with Crippen molar-refractivity contribution >= 4 is 40.7 Å². The molecule has 1 aromatic heterocycles. The first-order valence-electron chi connectivity index (χ1n) is 14.9. The molecule has 2 saturated heterocycles.